The zero-order chi connectivity index (χ0) is 13.2. The number of amides is 1. The first-order valence-corrected chi connectivity index (χ1v) is 7.04. The summed E-state index contributed by atoms with van der Waals surface area (Å²) in [4.78, 5) is 12.2. The van der Waals surface area contributed by atoms with Gasteiger partial charge in [0, 0.05) is 18.5 Å². The second kappa shape index (κ2) is 5.21. The first-order chi connectivity index (χ1) is 9.24. The molecule has 19 heavy (non-hydrogen) atoms. The number of carbonyl (C=O) groups excluding carboxylic acids is 1. The molecule has 1 fully saturated rings. The minimum absolute atomic E-state index is 0.0291. The number of nitrogens with two attached hydrogens (primary N) is 1. The van der Waals surface area contributed by atoms with E-state index in [0.717, 1.165) is 30.6 Å². The van der Waals surface area contributed by atoms with E-state index in [2.05, 4.69) is 5.32 Å². The van der Waals surface area contributed by atoms with Crippen LogP contribution in [0.25, 0.3) is 0 Å². The summed E-state index contributed by atoms with van der Waals surface area (Å²) < 4.78 is 5.69. The van der Waals surface area contributed by atoms with Gasteiger partial charge in [-0.05, 0) is 24.5 Å². The van der Waals surface area contributed by atoms with E-state index in [0.29, 0.717) is 6.42 Å². The molecule has 0 saturated heterocycles. The molecule has 0 aromatic heterocycles. The van der Waals surface area contributed by atoms with Gasteiger partial charge in [0.05, 0.1) is 0 Å². The summed E-state index contributed by atoms with van der Waals surface area (Å²) in [7, 11) is 0. The van der Waals surface area contributed by atoms with E-state index >= 15 is 0 Å². The number of benzene rings is 1. The minimum Gasteiger partial charge on any atom is -0.480 e. The van der Waals surface area contributed by atoms with Gasteiger partial charge < -0.3 is 15.8 Å². The maximum atomic E-state index is 12.2. The van der Waals surface area contributed by atoms with Crippen LogP contribution >= 0.6 is 0 Å². The molecule has 1 aromatic rings. The van der Waals surface area contributed by atoms with E-state index in [-0.39, 0.29) is 18.0 Å². The molecule has 102 valence electrons. The SMILES string of the molecule is N[C@@H]1CCCC[C@H]1NC(=O)C1Cc2ccccc2O1. The molecule has 1 heterocycles. The zero-order valence-corrected chi connectivity index (χ0v) is 11.0. The van der Waals surface area contributed by atoms with Gasteiger partial charge in [-0.3, -0.25) is 4.79 Å². The molecule has 1 unspecified atom stereocenters. The summed E-state index contributed by atoms with van der Waals surface area (Å²) >= 11 is 0. The normalized spacial score (nSPS) is 29.4. The van der Waals surface area contributed by atoms with Gasteiger partial charge in [-0.25, -0.2) is 0 Å². The lowest BCUT2D eigenvalue weighted by atomic mass is 9.91. The van der Waals surface area contributed by atoms with Crippen molar-refractivity contribution in [2.45, 2.75) is 50.3 Å². The molecule has 1 aromatic carbocycles. The van der Waals surface area contributed by atoms with E-state index in [1.807, 2.05) is 24.3 Å². The van der Waals surface area contributed by atoms with Crippen molar-refractivity contribution in [3.05, 3.63) is 29.8 Å². The summed E-state index contributed by atoms with van der Waals surface area (Å²) in [6.45, 7) is 0. The van der Waals surface area contributed by atoms with Crippen LogP contribution in [0.4, 0.5) is 0 Å². The van der Waals surface area contributed by atoms with Gasteiger partial charge in [-0.1, -0.05) is 31.0 Å². The monoisotopic (exact) mass is 260 g/mol. The van der Waals surface area contributed by atoms with E-state index in [9.17, 15) is 4.79 Å². The van der Waals surface area contributed by atoms with Crippen LogP contribution in [-0.2, 0) is 11.2 Å². The van der Waals surface area contributed by atoms with Crippen LogP contribution in [0, 0.1) is 0 Å². The number of ether oxygens (including phenoxy) is 1. The number of rotatable bonds is 2. The van der Waals surface area contributed by atoms with E-state index < -0.39 is 6.10 Å². The molecule has 1 saturated carbocycles. The molecule has 4 nitrogen and oxygen atoms in total. The Morgan fingerprint density at radius 1 is 1.26 bits per heavy atom. The standard InChI is InChI=1S/C15H20N2O2/c16-11-6-2-3-7-12(11)17-15(18)14-9-10-5-1-4-8-13(10)19-14/h1,4-5,8,11-12,14H,2-3,6-7,9,16H2,(H,17,18)/t11-,12-,14?/m1/s1. The van der Waals surface area contributed by atoms with Gasteiger partial charge in [-0.2, -0.15) is 0 Å². The number of nitrogens with one attached hydrogen (secondary N) is 1. The lowest BCUT2D eigenvalue weighted by Gasteiger charge is -2.30. The van der Waals surface area contributed by atoms with Crippen molar-refractivity contribution in [1.82, 2.24) is 5.32 Å². The third-order valence-electron chi connectivity index (χ3n) is 4.09. The molecule has 4 heteroatoms. The molecular weight excluding hydrogens is 240 g/mol. The number of fused-ring (bicyclic) bond motifs is 1. The van der Waals surface area contributed by atoms with Crippen molar-refractivity contribution in [2.75, 3.05) is 0 Å². The summed E-state index contributed by atoms with van der Waals surface area (Å²) in [5.41, 5.74) is 7.16. The summed E-state index contributed by atoms with van der Waals surface area (Å²) in [6, 6.07) is 8.01. The minimum atomic E-state index is -0.397. The van der Waals surface area contributed by atoms with Crippen LogP contribution in [0.5, 0.6) is 5.75 Å². The van der Waals surface area contributed by atoms with E-state index in [1.165, 1.54) is 6.42 Å². The Balaban J connectivity index is 1.60. The maximum Gasteiger partial charge on any atom is 0.261 e. The molecule has 0 bridgehead atoms. The second-order valence-electron chi connectivity index (χ2n) is 5.48. The molecule has 1 aliphatic heterocycles. The molecular formula is C15H20N2O2. The van der Waals surface area contributed by atoms with E-state index in [4.69, 9.17) is 10.5 Å². The predicted molar refractivity (Wildman–Crippen MR) is 72.9 cm³/mol. The van der Waals surface area contributed by atoms with Gasteiger partial charge >= 0.3 is 0 Å². The number of hydrogen-bond acceptors (Lipinski definition) is 3. The highest BCUT2D eigenvalue weighted by atomic mass is 16.5. The Morgan fingerprint density at radius 2 is 2.05 bits per heavy atom. The van der Waals surface area contributed by atoms with Crippen molar-refractivity contribution in [3.63, 3.8) is 0 Å². The van der Waals surface area contributed by atoms with Crippen LogP contribution in [0.15, 0.2) is 24.3 Å². The van der Waals surface area contributed by atoms with Crippen molar-refractivity contribution < 1.29 is 9.53 Å². The molecule has 1 aliphatic carbocycles. The highest BCUT2D eigenvalue weighted by molar-refractivity contribution is 5.82. The van der Waals surface area contributed by atoms with Crippen LogP contribution in [-0.4, -0.2) is 24.1 Å². The average molecular weight is 260 g/mol. The molecule has 1 amide bonds. The summed E-state index contributed by atoms with van der Waals surface area (Å²) in [6.07, 6.45) is 4.54. The van der Waals surface area contributed by atoms with Crippen molar-refractivity contribution >= 4 is 5.91 Å². The lowest BCUT2D eigenvalue weighted by molar-refractivity contribution is -0.128. The molecule has 0 radical (unpaired) electrons. The largest absolute Gasteiger partial charge is 0.480 e. The van der Waals surface area contributed by atoms with Crippen LogP contribution in [0.1, 0.15) is 31.2 Å². The van der Waals surface area contributed by atoms with Crippen molar-refractivity contribution in [1.29, 1.82) is 0 Å². The Labute approximate surface area is 113 Å². The zero-order valence-electron chi connectivity index (χ0n) is 11.0. The number of para-hydroxylation sites is 1. The van der Waals surface area contributed by atoms with Crippen LogP contribution < -0.4 is 15.8 Å². The highest BCUT2D eigenvalue weighted by Crippen LogP contribution is 2.28. The summed E-state index contributed by atoms with van der Waals surface area (Å²) in [5.74, 6) is 0.800. The Bertz CT molecular complexity index is 450. The van der Waals surface area contributed by atoms with Crippen LogP contribution in [0.3, 0.4) is 0 Å². The second-order valence-corrected chi connectivity index (χ2v) is 5.48. The number of carbonyl (C=O) groups is 1. The fraction of sp³-hybridized carbons (Fsp3) is 0.533. The Morgan fingerprint density at radius 3 is 2.84 bits per heavy atom. The first-order valence-electron chi connectivity index (χ1n) is 7.04. The smallest absolute Gasteiger partial charge is 0.261 e. The Hall–Kier alpha value is -1.55. The van der Waals surface area contributed by atoms with Crippen LogP contribution in [0.2, 0.25) is 0 Å². The number of hydrogen-bond donors (Lipinski definition) is 2. The quantitative estimate of drug-likeness (QED) is 0.844. The first kappa shape index (κ1) is 12.5. The fourth-order valence-electron chi connectivity index (χ4n) is 2.94. The average Bonchev–Trinajstić information content (AvgIpc) is 2.85. The third-order valence-corrected chi connectivity index (χ3v) is 4.09. The predicted octanol–water partition coefficient (Wildman–Crippen LogP) is 1.38. The molecule has 3 atom stereocenters. The summed E-state index contributed by atoms with van der Waals surface area (Å²) in [5, 5.41) is 3.06. The topological polar surface area (TPSA) is 64.3 Å². The third kappa shape index (κ3) is 2.59. The Kier molecular flexibility index (Phi) is 3.42. The molecule has 3 rings (SSSR count). The molecule has 3 N–H and O–H groups in total. The highest BCUT2D eigenvalue weighted by Gasteiger charge is 2.31. The van der Waals surface area contributed by atoms with Gasteiger partial charge in [0.1, 0.15) is 5.75 Å². The fourth-order valence-corrected chi connectivity index (χ4v) is 2.94. The van der Waals surface area contributed by atoms with E-state index in [1.54, 1.807) is 0 Å². The van der Waals surface area contributed by atoms with Crippen molar-refractivity contribution in [2.24, 2.45) is 5.73 Å². The van der Waals surface area contributed by atoms with Gasteiger partial charge in [0.15, 0.2) is 6.10 Å². The van der Waals surface area contributed by atoms with Crippen molar-refractivity contribution in [3.8, 4) is 5.75 Å². The van der Waals surface area contributed by atoms with Gasteiger partial charge in [0.2, 0.25) is 0 Å². The molecule has 2 aliphatic rings. The molecule has 0 spiro atoms. The van der Waals surface area contributed by atoms with Gasteiger partial charge in [0.25, 0.3) is 5.91 Å². The van der Waals surface area contributed by atoms with Gasteiger partial charge in [-0.15, -0.1) is 0 Å². The maximum absolute atomic E-state index is 12.2. The lowest BCUT2D eigenvalue weighted by Crippen LogP contribution is -2.52.